The van der Waals surface area contributed by atoms with Crippen LogP contribution in [0.3, 0.4) is 0 Å². The number of nitrogens with one attached hydrogen (secondary N) is 1. The van der Waals surface area contributed by atoms with Gasteiger partial charge in [0.25, 0.3) is 5.91 Å². The van der Waals surface area contributed by atoms with E-state index in [2.05, 4.69) is 15.3 Å². The molecule has 0 unspecified atom stereocenters. The van der Waals surface area contributed by atoms with Gasteiger partial charge in [-0.15, -0.1) is 0 Å². The van der Waals surface area contributed by atoms with Crippen molar-refractivity contribution in [2.45, 2.75) is 6.54 Å². The van der Waals surface area contributed by atoms with E-state index in [1.54, 1.807) is 18.5 Å². The molecule has 33 heavy (non-hydrogen) atoms. The lowest BCUT2D eigenvalue weighted by molar-refractivity contribution is 0.0950. The first-order valence-corrected chi connectivity index (χ1v) is 10.3. The second-order valence-corrected chi connectivity index (χ2v) is 7.41. The van der Waals surface area contributed by atoms with Gasteiger partial charge in [0.2, 0.25) is 0 Å². The van der Waals surface area contributed by atoms with Crippen molar-refractivity contribution in [3.05, 3.63) is 102 Å². The molecule has 8 heteroatoms. The van der Waals surface area contributed by atoms with E-state index in [0.717, 1.165) is 16.8 Å². The van der Waals surface area contributed by atoms with Crippen LogP contribution in [0.1, 0.15) is 15.9 Å². The number of imidazole rings is 1. The molecule has 0 bridgehead atoms. The van der Waals surface area contributed by atoms with Gasteiger partial charge in [-0.3, -0.25) is 9.36 Å². The standard InChI is InChI=1S/C25H19FN6O/c26-18-5-1-4-17(14-18)25(33)30-15-16-8-10-19(11-9-16)32-23(20-6-2-12-28-22(20)27)31-21-7-3-13-29-24(21)32/h1-14H,15H2,(H2,27,28)(H,30,33). The predicted octanol–water partition coefficient (Wildman–Crippen LogP) is 4.13. The van der Waals surface area contributed by atoms with Gasteiger partial charge in [0.05, 0.1) is 5.56 Å². The number of benzene rings is 2. The van der Waals surface area contributed by atoms with E-state index in [9.17, 15) is 9.18 Å². The van der Waals surface area contributed by atoms with Crippen LogP contribution in [0, 0.1) is 5.82 Å². The highest BCUT2D eigenvalue weighted by Crippen LogP contribution is 2.30. The van der Waals surface area contributed by atoms with Gasteiger partial charge in [-0.05, 0) is 60.2 Å². The molecular formula is C25H19FN6O. The maximum Gasteiger partial charge on any atom is 0.251 e. The third kappa shape index (κ3) is 4.01. The quantitative estimate of drug-likeness (QED) is 0.430. The summed E-state index contributed by atoms with van der Waals surface area (Å²) >= 11 is 0. The Kier molecular flexibility index (Phi) is 5.24. The molecule has 0 radical (unpaired) electrons. The van der Waals surface area contributed by atoms with Crippen molar-refractivity contribution in [1.29, 1.82) is 0 Å². The number of anilines is 1. The van der Waals surface area contributed by atoms with Crippen LogP contribution in [0.4, 0.5) is 10.2 Å². The number of nitrogens with two attached hydrogens (primary N) is 1. The Morgan fingerprint density at radius 2 is 1.76 bits per heavy atom. The molecule has 3 aromatic heterocycles. The van der Waals surface area contributed by atoms with Crippen LogP contribution in [-0.2, 0) is 6.54 Å². The van der Waals surface area contributed by atoms with E-state index in [-0.39, 0.29) is 11.5 Å². The highest BCUT2D eigenvalue weighted by Gasteiger charge is 2.17. The molecule has 0 fully saturated rings. The van der Waals surface area contributed by atoms with Crippen molar-refractivity contribution >= 4 is 22.9 Å². The van der Waals surface area contributed by atoms with E-state index < -0.39 is 5.82 Å². The van der Waals surface area contributed by atoms with Gasteiger partial charge in [-0.25, -0.2) is 19.3 Å². The number of nitrogens with zero attached hydrogens (tertiary/aromatic N) is 4. The number of aromatic nitrogens is 4. The first-order valence-electron chi connectivity index (χ1n) is 10.3. The maximum absolute atomic E-state index is 13.4. The number of halogens is 1. The first kappa shape index (κ1) is 20.3. The lowest BCUT2D eigenvalue weighted by Gasteiger charge is -2.11. The molecule has 0 saturated carbocycles. The summed E-state index contributed by atoms with van der Waals surface area (Å²) in [7, 11) is 0. The summed E-state index contributed by atoms with van der Waals surface area (Å²) in [6, 6.07) is 20.7. The minimum absolute atomic E-state index is 0.279. The smallest absolute Gasteiger partial charge is 0.251 e. The number of amides is 1. The number of pyridine rings is 2. The number of rotatable bonds is 5. The van der Waals surface area contributed by atoms with Gasteiger partial charge in [0.15, 0.2) is 11.5 Å². The molecule has 0 aliphatic heterocycles. The third-order valence-corrected chi connectivity index (χ3v) is 5.23. The summed E-state index contributed by atoms with van der Waals surface area (Å²) < 4.78 is 15.3. The Bertz CT molecular complexity index is 1460. The predicted molar refractivity (Wildman–Crippen MR) is 124 cm³/mol. The maximum atomic E-state index is 13.4. The topological polar surface area (TPSA) is 98.7 Å². The lowest BCUT2D eigenvalue weighted by atomic mass is 10.1. The second kappa shape index (κ2) is 8.51. The number of hydrogen-bond acceptors (Lipinski definition) is 5. The van der Waals surface area contributed by atoms with Crippen molar-refractivity contribution in [3.63, 3.8) is 0 Å². The summed E-state index contributed by atoms with van der Waals surface area (Å²) in [6.45, 7) is 0.307. The van der Waals surface area contributed by atoms with Gasteiger partial charge < -0.3 is 11.1 Å². The minimum Gasteiger partial charge on any atom is -0.383 e. The fraction of sp³-hybridized carbons (Fsp3) is 0.0400. The van der Waals surface area contributed by atoms with E-state index >= 15 is 0 Å². The summed E-state index contributed by atoms with van der Waals surface area (Å²) in [6.07, 6.45) is 3.35. The molecule has 0 spiro atoms. The van der Waals surface area contributed by atoms with E-state index in [0.29, 0.717) is 29.4 Å². The van der Waals surface area contributed by atoms with Crippen molar-refractivity contribution < 1.29 is 9.18 Å². The molecule has 2 aromatic carbocycles. The molecule has 5 rings (SSSR count). The largest absolute Gasteiger partial charge is 0.383 e. The van der Waals surface area contributed by atoms with Crippen LogP contribution in [0.2, 0.25) is 0 Å². The van der Waals surface area contributed by atoms with Crippen molar-refractivity contribution in [2.24, 2.45) is 0 Å². The van der Waals surface area contributed by atoms with Gasteiger partial charge in [0, 0.05) is 30.2 Å². The Labute approximate surface area is 188 Å². The zero-order valence-corrected chi connectivity index (χ0v) is 17.4. The molecule has 0 atom stereocenters. The van der Waals surface area contributed by atoms with Crippen LogP contribution in [0.15, 0.2) is 85.2 Å². The van der Waals surface area contributed by atoms with Gasteiger partial charge in [-0.1, -0.05) is 18.2 Å². The molecule has 3 heterocycles. The Morgan fingerprint density at radius 1 is 0.970 bits per heavy atom. The molecule has 1 amide bonds. The molecule has 0 aliphatic rings. The third-order valence-electron chi connectivity index (χ3n) is 5.23. The lowest BCUT2D eigenvalue weighted by Crippen LogP contribution is -2.22. The summed E-state index contributed by atoms with van der Waals surface area (Å²) in [5.74, 6) is 0.239. The highest BCUT2D eigenvalue weighted by molar-refractivity contribution is 5.94. The molecule has 0 saturated heterocycles. The minimum atomic E-state index is -0.446. The van der Waals surface area contributed by atoms with Crippen molar-refractivity contribution in [1.82, 2.24) is 24.8 Å². The number of hydrogen-bond donors (Lipinski definition) is 2. The summed E-state index contributed by atoms with van der Waals surface area (Å²) in [4.78, 5) is 25.7. The van der Waals surface area contributed by atoms with Crippen LogP contribution in [0.25, 0.3) is 28.2 Å². The van der Waals surface area contributed by atoms with Crippen LogP contribution < -0.4 is 11.1 Å². The van der Waals surface area contributed by atoms with Crippen molar-refractivity contribution in [2.75, 3.05) is 5.73 Å². The van der Waals surface area contributed by atoms with Crippen LogP contribution >= 0.6 is 0 Å². The van der Waals surface area contributed by atoms with Crippen LogP contribution in [0.5, 0.6) is 0 Å². The van der Waals surface area contributed by atoms with E-state index in [1.165, 1.54) is 18.2 Å². The number of nitrogen functional groups attached to an aromatic ring is 1. The number of fused-ring (bicyclic) bond motifs is 1. The second-order valence-electron chi connectivity index (χ2n) is 7.41. The zero-order chi connectivity index (χ0) is 22.8. The fourth-order valence-corrected chi connectivity index (χ4v) is 3.62. The molecule has 7 nitrogen and oxygen atoms in total. The average Bonchev–Trinajstić information content (AvgIpc) is 3.22. The molecule has 0 aliphatic carbocycles. The molecule has 5 aromatic rings. The van der Waals surface area contributed by atoms with E-state index in [1.807, 2.05) is 53.1 Å². The first-order chi connectivity index (χ1) is 16.1. The van der Waals surface area contributed by atoms with Crippen molar-refractivity contribution in [3.8, 4) is 17.1 Å². The van der Waals surface area contributed by atoms with Gasteiger partial charge in [-0.2, -0.15) is 0 Å². The Hall–Kier alpha value is -4.59. The van der Waals surface area contributed by atoms with Gasteiger partial charge >= 0.3 is 0 Å². The van der Waals surface area contributed by atoms with E-state index in [4.69, 9.17) is 10.7 Å². The monoisotopic (exact) mass is 438 g/mol. The molecule has 162 valence electrons. The highest BCUT2D eigenvalue weighted by atomic mass is 19.1. The SMILES string of the molecule is Nc1ncccc1-c1nc2cccnc2n1-c1ccc(CNC(=O)c2cccc(F)c2)cc1. The molecule has 3 N–H and O–H groups in total. The fourth-order valence-electron chi connectivity index (χ4n) is 3.62. The Morgan fingerprint density at radius 3 is 2.55 bits per heavy atom. The summed E-state index contributed by atoms with van der Waals surface area (Å²) in [5, 5.41) is 2.81. The Balaban J connectivity index is 1.45. The molecular weight excluding hydrogens is 419 g/mol. The number of carbonyl (C=O) groups is 1. The summed E-state index contributed by atoms with van der Waals surface area (Å²) in [5.41, 5.74) is 10.3. The van der Waals surface area contributed by atoms with Crippen LogP contribution in [-0.4, -0.2) is 25.4 Å². The zero-order valence-electron chi connectivity index (χ0n) is 17.4. The number of carbonyl (C=O) groups excluding carboxylic acids is 1. The van der Waals surface area contributed by atoms with Gasteiger partial charge in [0.1, 0.15) is 17.2 Å². The normalized spacial score (nSPS) is 10.9. The average molecular weight is 438 g/mol.